The van der Waals surface area contributed by atoms with E-state index in [1.165, 1.54) is 7.11 Å². The van der Waals surface area contributed by atoms with Gasteiger partial charge >= 0.3 is 5.97 Å². The van der Waals surface area contributed by atoms with Crippen LogP contribution in [-0.2, 0) is 14.3 Å². The van der Waals surface area contributed by atoms with E-state index in [4.69, 9.17) is 4.74 Å². The van der Waals surface area contributed by atoms with Gasteiger partial charge < -0.3 is 10.1 Å². The number of esters is 1. The van der Waals surface area contributed by atoms with Crippen molar-refractivity contribution in [2.75, 3.05) is 7.11 Å². The summed E-state index contributed by atoms with van der Waals surface area (Å²) in [6, 6.07) is 18.4. The lowest BCUT2D eigenvalue weighted by molar-refractivity contribution is -0.136. The highest BCUT2D eigenvalue weighted by atomic mass is 16.5. The largest absolute Gasteiger partial charge is 0.466 e. The number of nitrogens with one attached hydrogen (secondary N) is 1. The van der Waals surface area contributed by atoms with Crippen LogP contribution in [0.3, 0.4) is 0 Å². The average Bonchev–Trinajstić information content (AvgIpc) is 2.78. The molecule has 0 fully saturated rings. The number of rotatable bonds is 5. The summed E-state index contributed by atoms with van der Waals surface area (Å²) in [6.07, 6.45) is 3.49. The second kappa shape index (κ2) is 8.93. The summed E-state index contributed by atoms with van der Waals surface area (Å²) in [5.74, 6) is -0.295. The second-order valence-electron chi connectivity index (χ2n) is 8.45. The van der Waals surface area contributed by atoms with Crippen LogP contribution in [0.25, 0.3) is 11.1 Å². The normalized spacial score (nSPS) is 20.9. The standard InChI is InChI=1S/C27H29NO3/c1-4-8-18-15-22-26(23(29)16-18)25(24(17(2)28-22)27(30)31-3)21-13-11-20(12-14-21)19-9-6-5-7-10-19/h5-7,9-14,18,25,28H,4,8,15-16H2,1-3H3/t18?,25-/m0/s1. The van der Waals surface area contributed by atoms with Gasteiger partial charge in [0, 0.05) is 29.3 Å². The van der Waals surface area contributed by atoms with E-state index in [9.17, 15) is 9.59 Å². The fraction of sp³-hybridized carbons (Fsp3) is 0.333. The van der Waals surface area contributed by atoms with Gasteiger partial charge in [0.05, 0.1) is 12.7 Å². The molecule has 4 rings (SSSR count). The number of carbonyl (C=O) groups is 2. The van der Waals surface area contributed by atoms with Gasteiger partial charge in [-0.25, -0.2) is 4.79 Å². The Hall–Kier alpha value is -3.14. The number of hydrogen-bond acceptors (Lipinski definition) is 4. The summed E-state index contributed by atoms with van der Waals surface area (Å²) in [5.41, 5.74) is 6.17. The molecule has 2 aromatic rings. The van der Waals surface area contributed by atoms with Gasteiger partial charge in [-0.15, -0.1) is 0 Å². The van der Waals surface area contributed by atoms with Crippen LogP contribution in [0.5, 0.6) is 0 Å². The molecular formula is C27H29NO3. The van der Waals surface area contributed by atoms with Crippen LogP contribution in [0.4, 0.5) is 0 Å². The van der Waals surface area contributed by atoms with Gasteiger partial charge in [0.25, 0.3) is 0 Å². The first kappa shape index (κ1) is 21.1. The van der Waals surface area contributed by atoms with Crippen molar-refractivity contribution in [2.45, 2.75) is 45.4 Å². The van der Waals surface area contributed by atoms with Crippen LogP contribution in [0.2, 0.25) is 0 Å². The minimum Gasteiger partial charge on any atom is -0.466 e. The smallest absolute Gasteiger partial charge is 0.336 e. The Morgan fingerprint density at radius 2 is 1.71 bits per heavy atom. The molecule has 1 aliphatic carbocycles. The second-order valence-corrected chi connectivity index (χ2v) is 8.45. The number of hydrogen-bond donors (Lipinski definition) is 1. The maximum absolute atomic E-state index is 13.3. The molecule has 1 N–H and O–H groups in total. The van der Waals surface area contributed by atoms with Crippen molar-refractivity contribution in [3.63, 3.8) is 0 Å². The van der Waals surface area contributed by atoms with Gasteiger partial charge in [-0.2, -0.15) is 0 Å². The van der Waals surface area contributed by atoms with Gasteiger partial charge in [-0.3, -0.25) is 4.79 Å². The van der Waals surface area contributed by atoms with Gasteiger partial charge in [0.1, 0.15) is 0 Å². The molecule has 1 heterocycles. The lowest BCUT2D eigenvalue weighted by atomic mass is 9.72. The van der Waals surface area contributed by atoms with Crippen LogP contribution in [0.15, 0.2) is 77.1 Å². The molecule has 2 aromatic carbocycles. The molecule has 2 atom stereocenters. The molecule has 0 amide bonds. The van der Waals surface area contributed by atoms with Crippen LogP contribution >= 0.6 is 0 Å². The third-order valence-corrected chi connectivity index (χ3v) is 6.37. The number of allylic oxidation sites excluding steroid dienone is 3. The Kier molecular flexibility index (Phi) is 6.08. The molecule has 31 heavy (non-hydrogen) atoms. The van der Waals surface area contributed by atoms with Crippen molar-refractivity contribution in [3.05, 3.63) is 82.7 Å². The molecule has 0 saturated carbocycles. The molecule has 1 aliphatic heterocycles. The number of methoxy groups -OCH3 is 1. The van der Waals surface area contributed by atoms with Gasteiger partial charge in [0.15, 0.2) is 5.78 Å². The summed E-state index contributed by atoms with van der Waals surface area (Å²) < 4.78 is 5.11. The molecule has 0 aromatic heterocycles. The zero-order valence-electron chi connectivity index (χ0n) is 18.4. The topological polar surface area (TPSA) is 55.4 Å². The summed E-state index contributed by atoms with van der Waals surface area (Å²) in [5, 5.41) is 3.38. The van der Waals surface area contributed by atoms with E-state index in [-0.39, 0.29) is 5.78 Å². The number of ketones is 1. The molecule has 0 bridgehead atoms. The minimum atomic E-state index is -0.399. The van der Waals surface area contributed by atoms with Crippen LogP contribution < -0.4 is 5.32 Å². The molecule has 0 saturated heterocycles. The fourth-order valence-electron chi connectivity index (χ4n) is 4.94. The molecule has 4 nitrogen and oxygen atoms in total. The third-order valence-electron chi connectivity index (χ3n) is 6.37. The Morgan fingerprint density at radius 3 is 2.35 bits per heavy atom. The molecule has 0 spiro atoms. The highest BCUT2D eigenvalue weighted by molar-refractivity contribution is 6.04. The van der Waals surface area contributed by atoms with Crippen LogP contribution in [0.1, 0.15) is 51.0 Å². The fourth-order valence-corrected chi connectivity index (χ4v) is 4.94. The first-order valence-corrected chi connectivity index (χ1v) is 11.0. The average molecular weight is 416 g/mol. The summed E-state index contributed by atoms with van der Waals surface area (Å²) in [6.45, 7) is 4.05. The summed E-state index contributed by atoms with van der Waals surface area (Å²) in [7, 11) is 1.39. The van der Waals surface area contributed by atoms with Gasteiger partial charge in [0.2, 0.25) is 0 Å². The van der Waals surface area contributed by atoms with Crippen LogP contribution in [-0.4, -0.2) is 18.9 Å². The Balaban J connectivity index is 1.78. The quantitative estimate of drug-likeness (QED) is 0.653. The SMILES string of the molecule is CCCC1CC(=O)C2=C(C1)NC(C)=C(C(=O)OC)[C@@H]2c1ccc(-c2ccccc2)cc1. The zero-order valence-corrected chi connectivity index (χ0v) is 18.4. The van der Waals surface area contributed by atoms with Gasteiger partial charge in [-0.05, 0) is 42.4 Å². The van der Waals surface area contributed by atoms with Crippen molar-refractivity contribution in [2.24, 2.45) is 5.92 Å². The number of benzene rings is 2. The molecule has 1 unspecified atom stereocenters. The van der Waals surface area contributed by atoms with E-state index in [1.807, 2.05) is 37.3 Å². The Morgan fingerprint density at radius 1 is 1.03 bits per heavy atom. The lowest BCUT2D eigenvalue weighted by Gasteiger charge is -2.36. The van der Waals surface area contributed by atoms with Crippen LogP contribution in [0, 0.1) is 5.92 Å². The monoisotopic (exact) mass is 415 g/mol. The maximum Gasteiger partial charge on any atom is 0.336 e. The van der Waals surface area contributed by atoms with E-state index in [1.54, 1.807) is 0 Å². The first-order valence-electron chi connectivity index (χ1n) is 11.0. The van der Waals surface area contributed by atoms with Crippen molar-refractivity contribution in [3.8, 4) is 11.1 Å². The molecule has 4 heteroatoms. The Labute approximate surface area is 184 Å². The molecule has 2 aliphatic rings. The first-order chi connectivity index (χ1) is 15.0. The van der Waals surface area contributed by atoms with Crippen molar-refractivity contribution < 1.29 is 14.3 Å². The number of carbonyl (C=O) groups excluding carboxylic acids is 2. The van der Waals surface area contributed by atoms with E-state index < -0.39 is 11.9 Å². The maximum atomic E-state index is 13.3. The lowest BCUT2D eigenvalue weighted by Crippen LogP contribution is -2.36. The van der Waals surface area contributed by atoms with Gasteiger partial charge in [-0.1, -0.05) is 67.9 Å². The van der Waals surface area contributed by atoms with Crippen molar-refractivity contribution in [1.29, 1.82) is 0 Å². The zero-order chi connectivity index (χ0) is 22.0. The minimum absolute atomic E-state index is 0.137. The molecular weight excluding hydrogens is 386 g/mol. The van der Waals surface area contributed by atoms with E-state index in [0.717, 1.165) is 52.9 Å². The highest BCUT2D eigenvalue weighted by Crippen LogP contribution is 2.44. The predicted molar refractivity (Wildman–Crippen MR) is 122 cm³/mol. The third kappa shape index (κ3) is 4.07. The molecule has 160 valence electrons. The Bertz CT molecular complexity index is 1050. The molecule has 0 radical (unpaired) electrons. The number of ether oxygens (including phenoxy) is 1. The van der Waals surface area contributed by atoms with E-state index >= 15 is 0 Å². The predicted octanol–water partition coefficient (Wildman–Crippen LogP) is 5.52. The number of Topliss-reactive ketones (excluding diaryl/α,β-unsaturated/α-hetero) is 1. The van der Waals surface area contributed by atoms with E-state index in [0.29, 0.717) is 17.9 Å². The highest BCUT2D eigenvalue weighted by Gasteiger charge is 2.40. The summed E-state index contributed by atoms with van der Waals surface area (Å²) in [4.78, 5) is 26.0. The van der Waals surface area contributed by atoms with E-state index in [2.05, 4.69) is 36.5 Å². The number of dihydropyridines is 1. The summed E-state index contributed by atoms with van der Waals surface area (Å²) >= 11 is 0. The van der Waals surface area contributed by atoms with Crippen molar-refractivity contribution in [1.82, 2.24) is 5.32 Å². The van der Waals surface area contributed by atoms with Crippen molar-refractivity contribution >= 4 is 11.8 Å².